The van der Waals surface area contributed by atoms with E-state index in [1.165, 1.54) is 0 Å². The first-order chi connectivity index (χ1) is 4.37. The summed E-state index contributed by atoms with van der Waals surface area (Å²) in [6, 6.07) is 0. The molecule has 11 heavy (non-hydrogen) atoms. The Bertz CT molecular complexity index is 139. The molecule has 68 valence electrons. The second kappa shape index (κ2) is 4.58. The van der Waals surface area contributed by atoms with E-state index in [0.29, 0.717) is 0 Å². The van der Waals surface area contributed by atoms with Crippen molar-refractivity contribution in [2.24, 2.45) is 0 Å². The van der Waals surface area contributed by atoms with Crippen molar-refractivity contribution in [2.45, 2.75) is 26.2 Å². The second-order valence-corrected chi connectivity index (χ2v) is 19.6. The predicted octanol–water partition coefficient (Wildman–Crippen LogP) is 2.93. The third kappa shape index (κ3) is 3.22. The maximum absolute atomic E-state index is 3.90. The Hall–Kier alpha value is 0.602. The molecule has 3 heteroatoms. The molecule has 0 aromatic rings. The minimum absolute atomic E-state index is 0. The van der Waals surface area contributed by atoms with Gasteiger partial charge in [-0.1, -0.05) is 26.2 Å². The fourth-order valence-corrected chi connectivity index (χ4v) is 5.76. The van der Waals surface area contributed by atoms with E-state index < -0.39 is 15.2 Å². The summed E-state index contributed by atoms with van der Waals surface area (Å²) in [6.07, 6.45) is 0. The molecule has 0 aliphatic carbocycles. The van der Waals surface area contributed by atoms with Crippen molar-refractivity contribution >= 4 is 15.2 Å². The van der Waals surface area contributed by atoms with Crippen LogP contribution < -0.4 is 0 Å². The molecule has 0 fully saturated rings. The van der Waals surface area contributed by atoms with Gasteiger partial charge in [-0.2, -0.15) is 0 Å². The second-order valence-electron chi connectivity index (χ2n) is 3.94. The van der Waals surface area contributed by atoms with Gasteiger partial charge in [-0.15, -0.1) is 24.6 Å². The Balaban J connectivity index is 0. The molecule has 0 amide bonds. The van der Waals surface area contributed by atoms with Gasteiger partial charge in [0.25, 0.3) is 0 Å². The summed E-state index contributed by atoms with van der Waals surface area (Å²) in [5.41, 5.74) is 4.32. The first-order valence-electron chi connectivity index (χ1n) is 3.64. The summed E-state index contributed by atoms with van der Waals surface area (Å²) in [6.45, 7) is 17.3. The minimum atomic E-state index is -1.23. The molecule has 0 nitrogen and oxygen atoms in total. The van der Waals surface area contributed by atoms with Gasteiger partial charge in [0.05, 0.1) is 7.59 Å². The molecule has 0 N–H and O–H groups in total. The Morgan fingerprint density at radius 3 is 1.18 bits per heavy atom. The van der Waals surface area contributed by atoms with Crippen LogP contribution in [0.1, 0.15) is 0 Å². The number of hydrogen-bond acceptors (Lipinski definition) is 0. The summed E-state index contributed by atoms with van der Waals surface area (Å²) >= 11 is 0. The largest absolute Gasteiger partial charge is 0.107 e. The molecule has 0 aliphatic heterocycles. The van der Waals surface area contributed by atoms with E-state index in [0.717, 1.165) is 0 Å². The van der Waals surface area contributed by atoms with Crippen molar-refractivity contribution in [3.63, 3.8) is 0 Å². The zero-order chi connectivity index (χ0) is 8.41. The Kier molecular flexibility index (Phi) is 5.90. The van der Waals surface area contributed by atoms with Crippen LogP contribution in [0.4, 0.5) is 0 Å². The minimum Gasteiger partial charge on any atom is -0.107 e. The summed E-state index contributed by atoms with van der Waals surface area (Å²) in [4.78, 5) is 0. The maximum Gasteiger partial charge on any atom is 0.0888 e. The Morgan fingerprint density at radius 1 is 0.909 bits per heavy atom. The maximum atomic E-state index is 3.90. The van der Waals surface area contributed by atoms with Crippen LogP contribution in [0.3, 0.4) is 0 Å². The fraction of sp³-hybridized carbons (Fsp3) is 0.500. The van der Waals surface area contributed by atoms with Crippen LogP contribution in [0.25, 0.3) is 0 Å². The normalized spacial score (nSPS) is 11.6. The van der Waals surface area contributed by atoms with Crippen LogP contribution >= 0.6 is 0 Å². The number of hydrogen-bond donors (Lipinski definition) is 0. The predicted molar refractivity (Wildman–Crippen MR) is 55.4 cm³/mol. The summed E-state index contributed by atoms with van der Waals surface area (Å²) in [5, 5.41) is 0. The van der Waals surface area contributed by atoms with Crippen LogP contribution in [-0.4, -0.2) is 15.2 Å². The van der Waals surface area contributed by atoms with Crippen molar-refractivity contribution < 1.29 is 21.1 Å². The standard InChI is InChI=1S/C8H18Si2.Pt/c1-7-10(6,8-2)9(3,4)5;/h7-8H,1-2H2,3-6H3;. The molecule has 0 spiro atoms. The smallest absolute Gasteiger partial charge is 0.0888 e. The van der Waals surface area contributed by atoms with Gasteiger partial charge in [0, 0.05) is 28.7 Å². The zero-order valence-corrected chi connectivity index (χ0v) is 12.2. The molecule has 0 unspecified atom stereocenters. The third-order valence-corrected chi connectivity index (χ3v) is 18.3. The SMILES string of the molecule is C=C[Si](C)(C=C)[Si](C)(C)C.[Pt]. The van der Waals surface area contributed by atoms with Gasteiger partial charge in [0.15, 0.2) is 0 Å². The van der Waals surface area contributed by atoms with Gasteiger partial charge in [-0.3, -0.25) is 0 Å². The van der Waals surface area contributed by atoms with E-state index in [9.17, 15) is 0 Å². The summed E-state index contributed by atoms with van der Waals surface area (Å²) < 4.78 is 0. The van der Waals surface area contributed by atoms with Crippen LogP contribution in [0.15, 0.2) is 24.6 Å². The third-order valence-electron chi connectivity index (χ3n) is 2.46. The molecule has 0 rings (SSSR count). The van der Waals surface area contributed by atoms with E-state index >= 15 is 0 Å². The summed E-state index contributed by atoms with van der Waals surface area (Å²) in [7, 11) is -2.24. The zero-order valence-electron chi connectivity index (χ0n) is 7.89. The molecule has 0 bridgehead atoms. The summed E-state index contributed by atoms with van der Waals surface area (Å²) in [5.74, 6) is 0. The van der Waals surface area contributed by atoms with Crippen molar-refractivity contribution in [1.82, 2.24) is 0 Å². The molecule has 0 saturated carbocycles. The van der Waals surface area contributed by atoms with Gasteiger partial charge >= 0.3 is 0 Å². The molecule has 0 atom stereocenters. The van der Waals surface area contributed by atoms with E-state index in [2.05, 4.69) is 50.7 Å². The monoisotopic (exact) mass is 365 g/mol. The van der Waals surface area contributed by atoms with E-state index in [1.807, 2.05) is 0 Å². The molecule has 0 aromatic heterocycles. The van der Waals surface area contributed by atoms with Gasteiger partial charge in [0.2, 0.25) is 0 Å². The fourth-order valence-electron chi connectivity index (χ4n) is 0.696. The van der Waals surface area contributed by atoms with Crippen molar-refractivity contribution in [1.29, 1.82) is 0 Å². The quantitative estimate of drug-likeness (QED) is 0.675. The molecule has 0 saturated heterocycles. The van der Waals surface area contributed by atoms with Gasteiger partial charge < -0.3 is 0 Å². The Labute approximate surface area is 86.9 Å². The molecule has 0 heterocycles. The van der Waals surface area contributed by atoms with Gasteiger partial charge in [0.1, 0.15) is 0 Å². The van der Waals surface area contributed by atoms with E-state index in [-0.39, 0.29) is 21.1 Å². The topological polar surface area (TPSA) is 0 Å². The first-order valence-corrected chi connectivity index (χ1v) is 10.8. The molecular formula is C8H18PtSi2. The van der Waals surface area contributed by atoms with Crippen molar-refractivity contribution in [3.8, 4) is 0 Å². The molecule has 0 aliphatic rings. The molecular weight excluding hydrogens is 347 g/mol. The molecule has 0 radical (unpaired) electrons. The van der Waals surface area contributed by atoms with Crippen LogP contribution in [0.2, 0.25) is 26.2 Å². The average Bonchev–Trinajstić information content (AvgIpc) is 1.84. The van der Waals surface area contributed by atoms with Crippen LogP contribution in [0.5, 0.6) is 0 Å². The van der Waals surface area contributed by atoms with Crippen LogP contribution in [0, 0.1) is 0 Å². The molecule has 0 aromatic carbocycles. The Morgan fingerprint density at radius 2 is 1.18 bits per heavy atom. The van der Waals surface area contributed by atoms with Crippen LogP contribution in [-0.2, 0) is 21.1 Å². The first kappa shape index (κ1) is 14.1. The van der Waals surface area contributed by atoms with E-state index in [1.54, 1.807) is 0 Å². The van der Waals surface area contributed by atoms with E-state index in [4.69, 9.17) is 0 Å². The van der Waals surface area contributed by atoms with Crippen molar-refractivity contribution in [2.75, 3.05) is 0 Å². The van der Waals surface area contributed by atoms with Gasteiger partial charge in [-0.05, 0) is 0 Å². The van der Waals surface area contributed by atoms with Gasteiger partial charge in [-0.25, -0.2) is 0 Å². The average molecular weight is 365 g/mol. The number of rotatable bonds is 3. The van der Waals surface area contributed by atoms with Crippen molar-refractivity contribution in [3.05, 3.63) is 24.6 Å².